The number of hydrogen-bond donors (Lipinski definition) is 1. The monoisotopic (exact) mass is 267 g/mol. The number of nitrogens with zero attached hydrogens (tertiary/aromatic N) is 2. The second-order valence-electron chi connectivity index (χ2n) is 5.55. The van der Waals surface area contributed by atoms with Crippen molar-refractivity contribution in [1.29, 1.82) is 0 Å². The molecule has 5 nitrogen and oxygen atoms in total. The van der Waals surface area contributed by atoms with Crippen LogP contribution in [0.1, 0.15) is 58.4 Å². The van der Waals surface area contributed by atoms with Gasteiger partial charge in [-0.15, -0.1) is 0 Å². The number of aromatic nitrogens is 2. The maximum Gasteiger partial charge on any atom is 0.234 e. The van der Waals surface area contributed by atoms with Gasteiger partial charge in [-0.05, 0) is 32.2 Å². The largest absolute Gasteiger partial charge is 0.370 e. The van der Waals surface area contributed by atoms with Gasteiger partial charge in [0, 0.05) is 13.2 Å². The summed E-state index contributed by atoms with van der Waals surface area (Å²) in [5.41, 5.74) is -0.0181. The molecule has 2 heterocycles. The molecule has 1 N–H and O–H groups in total. The molecule has 1 aliphatic rings. The van der Waals surface area contributed by atoms with E-state index >= 15 is 0 Å². The molecule has 2 rings (SSSR count). The van der Waals surface area contributed by atoms with Crippen LogP contribution >= 0.6 is 0 Å². The lowest BCUT2D eigenvalue weighted by atomic mass is 9.76. The van der Waals surface area contributed by atoms with E-state index in [4.69, 9.17) is 9.26 Å². The molecule has 108 valence electrons. The highest BCUT2D eigenvalue weighted by atomic mass is 16.5. The van der Waals surface area contributed by atoms with E-state index in [2.05, 4.69) is 36.2 Å². The van der Waals surface area contributed by atoms with E-state index in [1.807, 2.05) is 6.92 Å². The van der Waals surface area contributed by atoms with E-state index in [9.17, 15) is 0 Å². The second kappa shape index (κ2) is 6.01. The van der Waals surface area contributed by atoms with Crippen LogP contribution < -0.4 is 5.32 Å². The first-order valence-electron chi connectivity index (χ1n) is 7.30. The van der Waals surface area contributed by atoms with Crippen molar-refractivity contribution < 1.29 is 9.26 Å². The third-order valence-electron chi connectivity index (χ3n) is 4.19. The number of nitrogens with one attached hydrogen (secondary N) is 1. The molecule has 1 aromatic rings. The van der Waals surface area contributed by atoms with E-state index in [1.165, 1.54) is 0 Å². The molecule has 0 aliphatic carbocycles. The van der Waals surface area contributed by atoms with Gasteiger partial charge in [0.05, 0.1) is 5.41 Å². The van der Waals surface area contributed by atoms with Crippen molar-refractivity contribution >= 4 is 0 Å². The van der Waals surface area contributed by atoms with E-state index in [0.717, 1.165) is 31.8 Å². The summed E-state index contributed by atoms with van der Waals surface area (Å²) in [6.07, 6.45) is 1.86. The second-order valence-corrected chi connectivity index (χ2v) is 5.55. The Morgan fingerprint density at radius 2 is 2.21 bits per heavy atom. The minimum absolute atomic E-state index is 0.0181. The summed E-state index contributed by atoms with van der Waals surface area (Å²) < 4.78 is 11.2. The number of rotatable bonds is 6. The highest BCUT2D eigenvalue weighted by Gasteiger charge is 2.43. The molecule has 0 radical (unpaired) electrons. The fourth-order valence-electron chi connectivity index (χ4n) is 2.78. The summed E-state index contributed by atoms with van der Waals surface area (Å²) in [5, 5.41) is 7.55. The van der Waals surface area contributed by atoms with Crippen molar-refractivity contribution in [2.45, 2.75) is 52.1 Å². The highest BCUT2D eigenvalue weighted by Crippen LogP contribution is 2.37. The van der Waals surface area contributed by atoms with Crippen LogP contribution in [0.25, 0.3) is 0 Å². The third kappa shape index (κ3) is 2.67. The summed E-state index contributed by atoms with van der Waals surface area (Å²) in [6, 6.07) is 0. The van der Waals surface area contributed by atoms with Gasteiger partial charge in [-0.1, -0.05) is 25.9 Å². The molecule has 0 spiro atoms. The minimum atomic E-state index is -0.0546. The quantitative estimate of drug-likeness (QED) is 0.858. The molecular formula is C14H25N3O2. The van der Waals surface area contributed by atoms with Gasteiger partial charge in [0.15, 0.2) is 0 Å². The molecule has 0 bridgehead atoms. The fourth-order valence-corrected chi connectivity index (χ4v) is 2.78. The Labute approximate surface area is 115 Å². The fraction of sp³-hybridized carbons (Fsp3) is 0.857. The van der Waals surface area contributed by atoms with E-state index in [0.29, 0.717) is 18.3 Å². The van der Waals surface area contributed by atoms with Crippen molar-refractivity contribution in [2.75, 3.05) is 19.7 Å². The molecular weight excluding hydrogens is 242 g/mol. The highest BCUT2D eigenvalue weighted by molar-refractivity contribution is 5.12. The first-order chi connectivity index (χ1) is 9.14. The van der Waals surface area contributed by atoms with Crippen LogP contribution in [0.3, 0.4) is 0 Å². The van der Waals surface area contributed by atoms with Gasteiger partial charge >= 0.3 is 0 Å². The SMILES string of the molecule is CCOC(CC)c1noc(C2(C(C)C)CCNC2)n1. The maximum absolute atomic E-state index is 5.65. The van der Waals surface area contributed by atoms with Crippen LogP contribution in [0.2, 0.25) is 0 Å². The Hall–Kier alpha value is -0.940. The van der Waals surface area contributed by atoms with Crippen LogP contribution in [-0.2, 0) is 10.2 Å². The van der Waals surface area contributed by atoms with Crippen LogP contribution in [0.4, 0.5) is 0 Å². The van der Waals surface area contributed by atoms with Gasteiger partial charge in [0.25, 0.3) is 0 Å². The van der Waals surface area contributed by atoms with Crippen molar-refractivity contribution in [3.05, 3.63) is 11.7 Å². The summed E-state index contributed by atoms with van der Waals surface area (Å²) in [5.74, 6) is 1.93. The van der Waals surface area contributed by atoms with Crippen molar-refractivity contribution in [2.24, 2.45) is 5.92 Å². The lowest BCUT2D eigenvalue weighted by Crippen LogP contribution is -2.35. The van der Waals surface area contributed by atoms with Crippen LogP contribution in [0, 0.1) is 5.92 Å². The molecule has 5 heteroatoms. The zero-order valence-corrected chi connectivity index (χ0v) is 12.4. The Morgan fingerprint density at radius 3 is 2.74 bits per heavy atom. The lowest BCUT2D eigenvalue weighted by Gasteiger charge is -2.28. The zero-order valence-electron chi connectivity index (χ0n) is 12.4. The Balaban J connectivity index is 2.24. The molecule has 0 saturated carbocycles. The van der Waals surface area contributed by atoms with Gasteiger partial charge < -0.3 is 14.6 Å². The predicted octanol–water partition coefficient (Wildman–Crippen LogP) is 2.44. The van der Waals surface area contributed by atoms with Gasteiger partial charge in [-0.25, -0.2) is 0 Å². The van der Waals surface area contributed by atoms with Gasteiger partial charge in [0.2, 0.25) is 11.7 Å². The van der Waals surface area contributed by atoms with Gasteiger partial charge in [0.1, 0.15) is 6.10 Å². The van der Waals surface area contributed by atoms with Gasteiger partial charge in [-0.3, -0.25) is 0 Å². The first-order valence-corrected chi connectivity index (χ1v) is 7.30. The smallest absolute Gasteiger partial charge is 0.234 e. The van der Waals surface area contributed by atoms with Crippen molar-refractivity contribution in [3.8, 4) is 0 Å². The van der Waals surface area contributed by atoms with Gasteiger partial charge in [-0.2, -0.15) is 4.98 Å². The summed E-state index contributed by atoms with van der Waals surface area (Å²) >= 11 is 0. The predicted molar refractivity (Wildman–Crippen MR) is 73.0 cm³/mol. The molecule has 1 aliphatic heterocycles. The molecule has 1 fully saturated rings. The average Bonchev–Trinajstić information content (AvgIpc) is 3.04. The topological polar surface area (TPSA) is 60.2 Å². The Morgan fingerprint density at radius 1 is 1.42 bits per heavy atom. The molecule has 1 aromatic heterocycles. The van der Waals surface area contributed by atoms with E-state index in [1.54, 1.807) is 0 Å². The number of ether oxygens (including phenoxy) is 1. The third-order valence-corrected chi connectivity index (χ3v) is 4.19. The van der Waals surface area contributed by atoms with Crippen molar-refractivity contribution in [3.63, 3.8) is 0 Å². The van der Waals surface area contributed by atoms with Crippen LogP contribution in [-0.4, -0.2) is 29.8 Å². The van der Waals surface area contributed by atoms with Crippen LogP contribution in [0.15, 0.2) is 4.52 Å². The standard InChI is InChI=1S/C14H25N3O2/c1-5-11(18-6-2)12-16-13(19-17-12)14(10(3)4)7-8-15-9-14/h10-11,15H,5-9H2,1-4H3. The lowest BCUT2D eigenvalue weighted by molar-refractivity contribution is 0.0518. The molecule has 2 atom stereocenters. The number of hydrogen-bond acceptors (Lipinski definition) is 5. The summed E-state index contributed by atoms with van der Waals surface area (Å²) in [6.45, 7) is 11.1. The first kappa shape index (κ1) is 14.5. The molecule has 1 saturated heterocycles. The minimum Gasteiger partial charge on any atom is -0.370 e. The molecule has 0 amide bonds. The Bertz CT molecular complexity index is 397. The molecule has 2 unspecified atom stereocenters. The Kier molecular flexibility index (Phi) is 4.58. The zero-order chi connectivity index (χ0) is 13.9. The molecule has 19 heavy (non-hydrogen) atoms. The average molecular weight is 267 g/mol. The van der Waals surface area contributed by atoms with E-state index in [-0.39, 0.29) is 11.5 Å². The van der Waals surface area contributed by atoms with Crippen molar-refractivity contribution in [1.82, 2.24) is 15.5 Å². The van der Waals surface area contributed by atoms with Crippen LogP contribution in [0.5, 0.6) is 0 Å². The van der Waals surface area contributed by atoms with E-state index < -0.39 is 0 Å². The normalized spacial score (nSPS) is 25.1. The summed E-state index contributed by atoms with van der Waals surface area (Å²) in [4.78, 5) is 4.63. The summed E-state index contributed by atoms with van der Waals surface area (Å²) in [7, 11) is 0. The molecule has 0 aromatic carbocycles. The maximum atomic E-state index is 5.65.